The van der Waals surface area contributed by atoms with E-state index in [1.54, 1.807) is 14.2 Å². The van der Waals surface area contributed by atoms with Crippen LogP contribution < -0.4 is 15.2 Å². The van der Waals surface area contributed by atoms with Crippen LogP contribution >= 0.6 is 12.2 Å². The molecule has 0 aliphatic carbocycles. The van der Waals surface area contributed by atoms with E-state index in [1.165, 1.54) is 0 Å². The molecular weight excluding hydrogens is 322 g/mol. The van der Waals surface area contributed by atoms with Crippen LogP contribution in [0.5, 0.6) is 11.5 Å². The van der Waals surface area contributed by atoms with Crippen LogP contribution in [0.1, 0.15) is 11.4 Å². The number of nitrogens with zero attached hydrogens (tertiary/aromatic N) is 2. The van der Waals surface area contributed by atoms with E-state index >= 15 is 0 Å². The van der Waals surface area contributed by atoms with Gasteiger partial charge in [0.1, 0.15) is 17.1 Å². The molecular formula is C18H19N3O2S. The Morgan fingerprint density at radius 2 is 2.00 bits per heavy atom. The number of thiocarbonyl (C=S) groups is 1. The Balaban J connectivity index is 2.33. The van der Waals surface area contributed by atoms with Crippen molar-refractivity contribution in [1.82, 2.24) is 9.38 Å². The fourth-order valence-electron chi connectivity index (χ4n) is 2.87. The average molecular weight is 341 g/mol. The molecule has 0 bridgehead atoms. The average Bonchev–Trinajstić information content (AvgIpc) is 2.93. The molecule has 0 amide bonds. The molecule has 0 aliphatic heterocycles. The number of fused-ring (bicyclic) bond motifs is 1. The molecule has 0 atom stereocenters. The van der Waals surface area contributed by atoms with Gasteiger partial charge in [-0.15, -0.1) is 0 Å². The number of nitrogens with two attached hydrogens (primary N) is 1. The van der Waals surface area contributed by atoms with Gasteiger partial charge in [0.05, 0.1) is 30.6 Å². The van der Waals surface area contributed by atoms with Crippen LogP contribution in [-0.2, 0) is 6.42 Å². The van der Waals surface area contributed by atoms with E-state index in [0.717, 1.165) is 39.8 Å². The Labute approximate surface area is 146 Å². The summed E-state index contributed by atoms with van der Waals surface area (Å²) in [7, 11) is 3.27. The molecule has 0 radical (unpaired) electrons. The molecule has 0 fully saturated rings. The number of rotatable bonds is 5. The standard InChI is InChI=1S/C18H19N3O2S/c1-11-5-4-6-17-20-18(14(21(11)17)10-16(19)24)13-9-12(22-2)7-8-15(13)23-3/h4-9H,10H2,1-3H3,(H2,19,24). The van der Waals surface area contributed by atoms with Gasteiger partial charge in [-0.1, -0.05) is 18.3 Å². The van der Waals surface area contributed by atoms with Crippen LogP contribution in [0.15, 0.2) is 36.4 Å². The Bertz CT molecular complexity index is 918. The summed E-state index contributed by atoms with van der Waals surface area (Å²) < 4.78 is 12.9. The Morgan fingerprint density at radius 1 is 1.21 bits per heavy atom. The van der Waals surface area contributed by atoms with Crippen molar-refractivity contribution >= 4 is 22.9 Å². The van der Waals surface area contributed by atoms with Crippen molar-refractivity contribution < 1.29 is 9.47 Å². The van der Waals surface area contributed by atoms with E-state index in [0.29, 0.717) is 11.4 Å². The molecule has 0 saturated carbocycles. The summed E-state index contributed by atoms with van der Waals surface area (Å²) in [4.78, 5) is 5.21. The number of hydrogen-bond donors (Lipinski definition) is 1. The zero-order valence-electron chi connectivity index (χ0n) is 13.9. The van der Waals surface area contributed by atoms with Crippen LogP contribution in [0.25, 0.3) is 16.9 Å². The number of pyridine rings is 1. The topological polar surface area (TPSA) is 61.8 Å². The lowest BCUT2D eigenvalue weighted by molar-refractivity contribution is 0.404. The number of ether oxygens (including phenoxy) is 2. The Kier molecular flexibility index (Phi) is 4.40. The highest BCUT2D eigenvalue weighted by atomic mass is 32.1. The maximum atomic E-state index is 5.83. The number of aryl methyl sites for hydroxylation is 1. The largest absolute Gasteiger partial charge is 0.497 e. The smallest absolute Gasteiger partial charge is 0.137 e. The van der Waals surface area contributed by atoms with Gasteiger partial charge in [0.2, 0.25) is 0 Å². The lowest BCUT2D eigenvalue weighted by atomic mass is 10.1. The lowest BCUT2D eigenvalue weighted by Crippen LogP contribution is -2.14. The van der Waals surface area contributed by atoms with Crippen molar-refractivity contribution in [3.8, 4) is 22.8 Å². The third-order valence-electron chi connectivity index (χ3n) is 3.94. The molecule has 5 nitrogen and oxygen atoms in total. The first-order valence-corrected chi connectivity index (χ1v) is 7.93. The third kappa shape index (κ3) is 2.80. The van der Waals surface area contributed by atoms with Gasteiger partial charge in [-0.25, -0.2) is 4.98 Å². The molecule has 2 heterocycles. The second-order valence-corrected chi connectivity index (χ2v) is 6.00. The molecule has 124 valence electrons. The molecule has 0 spiro atoms. The lowest BCUT2D eigenvalue weighted by Gasteiger charge is -2.11. The fourth-order valence-corrected chi connectivity index (χ4v) is 3.01. The van der Waals surface area contributed by atoms with Crippen molar-refractivity contribution in [2.24, 2.45) is 5.73 Å². The van der Waals surface area contributed by atoms with Crippen LogP contribution in [0.3, 0.4) is 0 Å². The summed E-state index contributed by atoms with van der Waals surface area (Å²) >= 11 is 5.15. The summed E-state index contributed by atoms with van der Waals surface area (Å²) in [5.74, 6) is 1.46. The summed E-state index contributed by atoms with van der Waals surface area (Å²) in [6.45, 7) is 2.03. The highest BCUT2D eigenvalue weighted by Crippen LogP contribution is 2.35. The zero-order chi connectivity index (χ0) is 17.3. The molecule has 2 aromatic heterocycles. The van der Waals surface area contributed by atoms with E-state index in [2.05, 4.69) is 4.40 Å². The van der Waals surface area contributed by atoms with Gasteiger partial charge in [0.25, 0.3) is 0 Å². The molecule has 6 heteroatoms. The Morgan fingerprint density at radius 3 is 2.67 bits per heavy atom. The van der Waals surface area contributed by atoms with Crippen LogP contribution in [-0.4, -0.2) is 28.6 Å². The molecule has 0 unspecified atom stereocenters. The first kappa shape index (κ1) is 16.3. The predicted molar refractivity (Wildman–Crippen MR) is 99.0 cm³/mol. The van der Waals surface area contributed by atoms with Gasteiger partial charge < -0.3 is 19.6 Å². The van der Waals surface area contributed by atoms with Crippen LogP contribution in [0.4, 0.5) is 0 Å². The highest BCUT2D eigenvalue weighted by molar-refractivity contribution is 7.80. The van der Waals surface area contributed by atoms with E-state index < -0.39 is 0 Å². The first-order chi connectivity index (χ1) is 11.5. The van der Waals surface area contributed by atoms with Gasteiger partial charge >= 0.3 is 0 Å². The van der Waals surface area contributed by atoms with Crippen LogP contribution in [0.2, 0.25) is 0 Å². The number of methoxy groups -OCH3 is 2. The minimum Gasteiger partial charge on any atom is -0.497 e. The maximum absolute atomic E-state index is 5.83. The SMILES string of the molecule is COc1ccc(OC)c(-c2nc3cccc(C)n3c2CC(N)=S)c1. The quantitative estimate of drug-likeness (QED) is 0.722. The third-order valence-corrected chi connectivity index (χ3v) is 4.08. The van der Waals surface area contributed by atoms with Crippen molar-refractivity contribution in [3.63, 3.8) is 0 Å². The minimum absolute atomic E-state index is 0.420. The summed E-state index contributed by atoms with van der Waals surface area (Å²) in [5.41, 5.74) is 10.3. The molecule has 0 aliphatic rings. The highest BCUT2D eigenvalue weighted by Gasteiger charge is 2.19. The van der Waals surface area contributed by atoms with Crippen molar-refractivity contribution in [2.45, 2.75) is 13.3 Å². The van der Waals surface area contributed by atoms with Gasteiger partial charge in [-0.05, 0) is 37.3 Å². The Hall–Kier alpha value is -2.60. The number of benzene rings is 1. The summed E-state index contributed by atoms with van der Waals surface area (Å²) in [6.07, 6.45) is 0.455. The number of aromatic nitrogens is 2. The van der Waals surface area contributed by atoms with E-state index in [-0.39, 0.29) is 0 Å². The zero-order valence-corrected chi connectivity index (χ0v) is 14.7. The van der Waals surface area contributed by atoms with Gasteiger partial charge in [-0.2, -0.15) is 0 Å². The predicted octanol–water partition coefficient (Wildman–Crippen LogP) is 3.16. The van der Waals surface area contributed by atoms with E-state index in [1.807, 2.05) is 43.3 Å². The van der Waals surface area contributed by atoms with Crippen molar-refractivity contribution in [1.29, 1.82) is 0 Å². The van der Waals surface area contributed by atoms with Crippen LogP contribution in [0, 0.1) is 6.92 Å². The van der Waals surface area contributed by atoms with Crippen molar-refractivity contribution in [3.05, 3.63) is 47.8 Å². The summed E-state index contributed by atoms with van der Waals surface area (Å²) in [5, 5.41) is 0. The summed E-state index contributed by atoms with van der Waals surface area (Å²) in [6, 6.07) is 11.6. The van der Waals surface area contributed by atoms with Gasteiger partial charge in [-0.3, -0.25) is 0 Å². The monoisotopic (exact) mass is 341 g/mol. The normalized spacial score (nSPS) is 10.8. The van der Waals surface area contributed by atoms with Crippen molar-refractivity contribution in [2.75, 3.05) is 14.2 Å². The number of hydrogen-bond acceptors (Lipinski definition) is 4. The van der Waals surface area contributed by atoms with Gasteiger partial charge in [0.15, 0.2) is 0 Å². The van der Waals surface area contributed by atoms with Gasteiger partial charge in [0, 0.05) is 17.7 Å². The molecule has 3 aromatic rings. The second-order valence-electron chi connectivity index (χ2n) is 5.48. The first-order valence-electron chi connectivity index (χ1n) is 7.52. The molecule has 3 rings (SSSR count). The fraction of sp³-hybridized carbons (Fsp3) is 0.222. The maximum Gasteiger partial charge on any atom is 0.137 e. The second kappa shape index (κ2) is 6.49. The molecule has 1 aromatic carbocycles. The van der Waals surface area contributed by atoms with E-state index in [9.17, 15) is 0 Å². The van der Waals surface area contributed by atoms with E-state index in [4.69, 9.17) is 32.4 Å². The molecule has 2 N–H and O–H groups in total. The minimum atomic E-state index is 0.420. The molecule has 24 heavy (non-hydrogen) atoms. The number of imidazole rings is 1. The molecule has 0 saturated heterocycles.